The van der Waals surface area contributed by atoms with E-state index in [1.807, 2.05) is 0 Å². The summed E-state index contributed by atoms with van der Waals surface area (Å²) in [6.45, 7) is 8.41. The van der Waals surface area contributed by atoms with Gasteiger partial charge in [0.1, 0.15) is 0 Å². The van der Waals surface area contributed by atoms with E-state index in [4.69, 9.17) is 4.74 Å². The van der Waals surface area contributed by atoms with E-state index in [0.717, 1.165) is 25.5 Å². The van der Waals surface area contributed by atoms with Crippen LogP contribution in [0.1, 0.15) is 52.9 Å². The summed E-state index contributed by atoms with van der Waals surface area (Å²) >= 11 is 0. The maximum Gasteiger partial charge on any atom is 0.0695 e. The van der Waals surface area contributed by atoms with Crippen LogP contribution < -0.4 is 0 Å². The lowest BCUT2D eigenvalue weighted by Gasteiger charge is -2.46. The average Bonchev–Trinajstić information content (AvgIpc) is 2.35. The molecule has 0 radical (unpaired) electrons. The Morgan fingerprint density at radius 1 is 1.28 bits per heavy atom. The van der Waals surface area contributed by atoms with Gasteiger partial charge >= 0.3 is 0 Å². The zero-order chi connectivity index (χ0) is 13.1. The molecule has 1 saturated carbocycles. The Bertz CT molecular complexity index is 259. The third kappa shape index (κ3) is 3.25. The Kier molecular flexibility index (Phi) is 5.05. The van der Waals surface area contributed by atoms with Crippen LogP contribution in [0.25, 0.3) is 0 Å². The first-order valence-corrected chi connectivity index (χ1v) is 7.67. The summed E-state index contributed by atoms with van der Waals surface area (Å²) < 4.78 is 5.70. The van der Waals surface area contributed by atoms with E-state index >= 15 is 0 Å². The molecule has 2 rings (SSSR count). The molecule has 5 atom stereocenters. The molecule has 0 bridgehead atoms. The van der Waals surface area contributed by atoms with Gasteiger partial charge in [0.25, 0.3) is 0 Å². The molecule has 0 aromatic carbocycles. The summed E-state index contributed by atoms with van der Waals surface area (Å²) in [6, 6.07) is 0.804. The molecule has 0 aromatic rings. The Hall–Kier alpha value is -0.120. The van der Waals surface area contributed by atoms with Crippen LogP contribution in [-0.4, -0.2) is 47.4 Å². The fourth-order valence-corrected chi connectivity index (χ4v) is 3.63. The Labute approximate surface area is 112 Å². The molecule has 0 spiro atoms. The van der Waals surface area contributed by atoms with Crippen LogP contribution in [0.2, 0.25) is 0 Å². The van der Waals surface area contributed by atoms with Crippen LogP contribution in [0.4, 0.5) is 0 Å². The highest BCUT2D eigenvalue weighted by Gasteiger charge is 2.37. The second-order valence-corrected chi connectivity index (χ2v) is 6.29. The maximum absolute atomic E-state index is 10.3. The highest BCUT2D eigenvalue weighted by molar-refractivity contribution is 4.91. The van der Waals surface area contributed by atoms with Crippen LogP contribution in [0.3, 0.4) is 0 Å². The number of rotatable bonds is 3. The molecule has 1 heterocycles. The average molecular weight is 255 g/mol. The fraction of sp³-hybridized carbons (Fsp3) is 1.00. The van der Waals surface area contributed by atoms with Gasteiger partial charge in [0.15, 0.2) is 0 Å². The quantitative estimate of drug-likeness (QED) is 0.840. The van der Waals surface area contributed by atoms with Gasteiger partial charge in [-0.1, -0.05) is 19.8 Å². The van der Waals surface area contributed by atoms with Crippen LogP contribution in [0, 0.1) is 5.92 Å². The SMILES string of the molecule is CCCC1CCC(O)C(N2CC(C)OCC2C)C1. The molecular weight excluding hydrogens is 226 g/mol. The lowest BCUT2D eigenvalue weighted by Crippen LogP contribution is -2.57. The van der Waals surface area contributed by atoms with Crippen molar-refractivity contribution in [3.8, 4) is 0 Å². The second-order valence-electron chi connectivity index (χ2n) is 6.29. The summed E-state index contributed by atoms with van der Waals surface area (Å²) in [5.41, 5.74) is 0. The minimum Gasteiger partial charge on any atom is -0.391 e. The molecule has 106 valence electrons. The van der Waals surface area contributed by atoms with E-state index in [1.165, 1.54) is 25.7 Å². The van der Waals surface area contributed by atoms with Crippen molar-refractivity contribution in [1.29, 1.82) is 0 Å². The Balaban J connectivity index is 1.99. The van der Waals surface area contributed by atoms with E-state index in [-0.39, 0.29) is 6.10 Å². The van der Waals surface area contributed by atoms with Crippen molar-refractivity contribution < 1.29 is 9.84 Å². The number of nitrogens with zero attached hydrogens (tertiary/aromatic N) is 1. The molecule has 1 aliphatic heterocycles. The van der Waals surface area contributed by atoms with E-state index in [9.17, 15) is 5.11 Å². The first-order valence-electron chi connectivity index (χ1n) is 7.67. The minimum atomic E-state index is -0.133. The second kappa shape index (κ2) is 6.36. The smallest absolute Gasteiger partial charge is 0.0695 e. The number of ether oxygens (including phenoxy) is 1. The molecule has 2 fully saturated rings. The summed E-state index contributed by atoms with van der Waals surface area (Å²) in [6.07, 6.45) is 6.12. The zero-order valence-electron chi connectivity index (χ0n) is 12.1. The molecule has 3 nitrogen and oxygen atoms in total. The molecule has 5 unspecified atom stereocenters. The highest BCUT2D eigenvalue weighted by atomic mass is 16.5. The van der Waals surface area contributed by atoms with Crippen molar-refractivity contribution in [2.24, 2.45) is 5.92 Å². The summed E-state index contributed by atoms with van der Waals surface area (Å²) in [4.78, 5) is 2.50. The first-order chi connectivity index (χ1) is 8.61. The lowest BCUT2D eigenvalue weighted by atomic mass is 9.80. The van der Waals surface area contributed by atoms with Crippen molar-refractivity contribution >= 4 is 0 Å². The summed E-state index contributed by atoms with van der Waals surface area (Å²) in [5, 5.41) is 10.3. The van der Waals surface area contributed by atoms with Gasteiger partial charge in [0.2, 0.25) is 0 Å². The van der Waals surface area contributed by atoms with Gasteiger partial charge in [-0.15, -0.1) is 0 Å². The molecule has 1 N–H and O–H groups in total. The van der Waals surface area contributed by atoms with Crippen LogP contribution >= 0.6 is 0 Å². The van der Waals surface area contributed by atoms with E-state index in [1.54, 1.807) is 0 Å². The predicted molar refractivity (Wildman–Crippen MR) is 73.6 cm³/mol. The molecule has 1 saturated heterocycles. The maximum atomic E-state index is 10.3. The van der Waals surface area contributed by atoms with Gasteiger partial charge in [0.05, 0.1) is 18.8 Å². The largest absolute Gasteiger partial charge is 0.391 e. The van der Waals surface area contributed by atoms with Crippen molar-refractivity contribution in [3.05, 3.63) is 0 Å². The Morgan fingerprint density at radius 2 is 2.06 bits per heavy atom. The van der Waals surface area contributed by atoms with Crippen molar-refractivity contribution in [1.82, 2.24) is 4.90 Å². The number of aliphatic hydroxyl groups is 1. The third-order valence-electron chi connectivity index (χ3n) is 4.67. The van der Waals surface area contributed by atoms with Crippen molar-refractivity contribution in [2.45, 2.75) is 77.2 Å². The summed E-state index contributed by atoms with van der Waals surface area (Å²) in [7, 11) is 0. The van der Waals surface area contributed by atoms with Crippen LogP contribution in [0.15, 0.2) is 0 Å². The van der Waals surface area contributed by atoms with Crippen molar-refractivity contribution in [2.75, 3.05) is 13.2 Å². The molecular formula is C15H29NO2. The van der Waals surface area contributed by atoms with Gasteiger partial charge in [0, 0.05) is 18.6 Å². The number of hydrogen-bond acceptors (Lipinski definition) is 3. The topological polar surface area (TPSA) is 32.7 Å². The zero-order valence-corrected chi connectivity index (χ0v) is 12.1. The highest BCUT2D eigenvalue weighted by Crippen LogP contribution is 2.33. The van der Waals surface area contributed by atoms with Gasteiger partial charge in [-0.05, 0) is 39.0 Å². The number of hydrogen-bond donors (Lipinski definition) is 1. The van der Waals surface area contributed by atoms with Crippen LogP contribution in [0.5, 0.6) is 0 Å². The van der Waals surface area contributed by atoms with Gasteiger partial charge < -0.3 is 9.84 Å². The lowest BCUT2D eigenvalue weighted by molar-refractivity contribution is -0.100. The number of morpholine rings is 1. The standard InChI is InChI=1S/C15H29NO2/c1-4-5-13-6-7-15(17)14(8-13)16-9-12(3)18-10-11(16)2/h11-15,17H,4-10H2,1-3H3. The van der Waals surface area contributed by atoms with E-state index in [0.29, 0.717) is 18.2 Å². The minimum absolute atomic E-state index is 0.133. The van der Waals surface area contributed by atoms with Gasteiger partial charge in [-0.2, -0.15) is 0 Å². The molecule has 18 heavy (non-hydrogen) atoms. The third-order valence-corrected chi connectivity index (χ3v) is 4.67. The number of aliphatic hydroxyl groups excluding tert-OH is 1. The normalized spacial score (nSPS) is 43.0. The van der Waals surface area contributed by atoms with Crippen molar-refractivity contribution in [3.63, 3.8) is 0 Å². The molecule has 0 amide bonds. The molecule has 1 aliphatic carbocycles. The predicted octanol–water partition coefficient (Wildman–Crippen LogP) is 2.43. The molecule has 3 heteroatoms. The Morgan fingerprint density at radius 3 is 2.78 bits per heavy atom. The molecule has 0 aromatic heterocycles. The van der Waals surface area contributed by atoms with Gasteiger partial charge in [-0.3, -0.25) is 4.90 Å². The fourth-order valence-electron chi connectivity index (χ4n) is 3.63. The first kappa shape index (κ1) is 14.3. The van der Waals surface area contributed by atoms with Crippen LogP contribution in [-0.2, 0) is 4.74 Å². The van der Waals surface area contributed by atoms with E-state index in [2.05, 4.69) is 25.7 Å². The summed E-state index contributed by atoms with van der Waals surface area (Å²) in [5.74, 6) is 0.814. The monoisotopic (exact) mass is 255 g/mol. The van der Waals surface area contributed by atoms with Gasteiger partial charge in [-0.25, -0.2) is 0 Å². The molecule has 2 aliphatic rings. The van der Waals surface area contributed by atoms with E-state index < -0.39 is 0 Å².